The van der Waals surface area contributed by atoms with E-state index in [1.807, 2.05) is 0 Å². The molecule has 0 radical (unpaired) electrons. The molecule has 1 fully saturated rings. The number of hydrogen-bond acceptors (Lipinski definition) is 1. The minimum absolute atomic E-state index is 0.527. The number of nitrogens with two attached hydrogens (primary N) is 1. The molecule has 0 aromatic heterocycles. The van der Waals surface area contributed by atoms with Gasteiger partial charge >= 0.3 is 0 Å². The first kappa shape index (κ1) is 8.79. The molecule has 1 aliphatic carbocycles. The predicted octanol–water partition coefficient (Wildman–Crippen LogP) is 2.47. The summed E-state index contributed by atoms with van der Waals surface area (Å²) in [4.78, 5) is 0. The van der Waals surface area contributed by atoms with Crippen molar-refractivity contribution in [3.63, 3.8) is 0 Å². The van der Waals surface area contributed by atoms with E-state index in [2.05, 4.69) is 19.9 Å². The molecular formula is C10H19N. The van der Waals surface area contributed by atoms with E-state index in [0.717, 1.165) is 0 Å². The highest BCUT2D eigenvalue weighted by Crippen LogP contribution is 2.37. The van der Waals surface area contributed by atoms with Crippen LogP contribution in [-0.4, -0.2) is 6.54 Å². The van der Waals surface area contributed by atoms with Crippen LogP contribution in [0.2, 0.25) is 0 Å². The summed E-state index contributed by atoms with van der Waals surface area (Å²) in [6, 6.07) is 0. The first-order valence-corrected chi connectivity index (χ1v) is 4.52. The molecule has 2 N–H and O–H groups in total. The molecule has 64 valence electrons. The highest BCUT2D eigenvalue weighted by atomic mass is 14.5. The first-order valence-electron chi connectivity index (χ1n) is 4.52. The summed E-state index contributed by atoms with van der Waals surface area (Å²) in [6.45, 7) is 5.40. The molecule has 0 aliphatic heterocycles. The van der Waals surface area contributed by atoms with Crippen LogP contribution in [0.4, 0.5) is 0 Å². The van der Waals surface area contributed by atoms with Gasteiger partial charge in [-0.25, -0.2) is 0 Å². The van der Waals surface area contributed by atoms with Crippen LogP contribution in [0.25, 0.3) is 0 Å². The molecule has 0 unspecified atom stereocenters. The normalized spacial score (nSPS) is 27.4. The SMILES string of the molecule is CC1(C)CCC/C(=C/CN)C1. The summed E-state index contributed by atoms with van der Waals surface area (Å²) in [5.41, 5.74) is 7.57. The van der Waals surface area contributed by atoms with Crippen molar-refractivity contribution in [2.45, 2.75) is 39.5 Å². The molecule has 1 saturated carbocycles. The van der Waals surface area contributed by atoms with Crippen LogP contribution in [0.15, 0.2) is 11.6 Å². The van der Waals surface area contributed by atoms with Gasteiger partial charge in [-0.2, -0.15) is 0 Å². The summed E-state index contributed by atoms with van der Waals surface area (Å²) in [5.74, 6) is 0. The van der Waals surface area contributed by atoms with Crippen LogP contribution < -0.4 is 5.73 Å². The maximum atomic E-state index is 5.47. The Hall–Kier alpha value is -0.300. The Balaban J connectivity index is 2.53. The van der Waals surface area contributed by atoms with Crippen LogP contribution >= 0.6 is 0 Å². The molecule has 0 saturated heterocycles. The van der Waals surface area contributed by atoms with Crippen LogP contribution in [0.5, 0.6) is 0 Å². The van der Waals surface area contributed by atoms with Crippen LogP contribution in [0.3, 0.4) is 0 Å². The summed E-state index contributed by atoms with van der Waals surface area (Å²) in [7, 11) is 0. The molecule has 0 atom stereocenters. The van der Waals surface area contributed by atoms with Gasteiger partial charge in [0.1, 0.15) is 0 Å². The lowest BCUT2D eigenvalue weighted by Gasteiger charge is -2.31. The monoisotopic (exact) mass is 153 g/mol. The van der Waals surface area contributed by atoms with Crippen LogP contribution in [0, 0.1) is 5.41 Å². The van der Waals surface area contributed by atoms with Gasteiger partial charge in [0.2, 0.25) is 0 Å². The lowest BCUT2D eigenvalue weighted by Crippen LogP contribution is -2.17. The standard InChI is InChI=1S/C10H19N/c1-10(2)6-3-4-9(8-10)5-7-11/h5H,3-4,6-8,11H2,1-2H3/b9-5-. The Morgan fingerprint density at radius 2 is 2.27 bits per heavy atom. The summed E-state index contributed by atoms with van der Waals surface area (Å²) >= 11 is 0. The van der Waals surface area contributed by atoms with Gasteiger partial charge in [-0.15, -0.1) is 0 Å². The van der Waals surface area contributed by atoms with E-state index in [-0.39, 0.29) is 0 Å². The Morgan fingerprint density at radius 1 is 1.55 bits per heavy atom. The average molecular weight is 153 g/mol. The Morgan fingerprint density at radius 3 is 2.82 bits per heavy atom. The number of hydrogen-bond donors (Lipinski definition) is 1. The van der Waals surface area contributed by atoms with Crippen molar-refractivity contribution < 1.29 is 0 Å². The van der Waals surface area contributed by atoms with Gasteiger partial charge < -0.3 is 5.73 Å². The topological polar surface area (TPSA) is 26.0 Å². The highest BCUT2D eigenvalue weighted by Gasteiger charge is 2.23. The molecule has 0 aromatic rings. The molecule has 0 heterocycles. The minimum atomic E-state index is 0.527. The molecule has 0 amide bonds. The number of rotatable bonds is 1. The molecule has 1 heteroatoms. The van der Waals surface area contributed by atoms with Crippen molar-refractivity contribution in [3.05, 3.63) is 11.6 Å². The van der Waals surface area contributed by atoms with Crippen molar-refractivity contribution >= 4 is 0 Å². The van der Waals surface area contributed by atoms with Gasteiger partial charge in [-0.1, -0.05) is 25.5 Å². The lowest BCUT2D eigenvalue weighted by molar-refractivity contribution is 0.289. The average Bonchev–Trinajstić information content (AvgIpc) is 1.85. The molecule has 1 rings (SSSR count). The van der Waals surface area contributed by atoms with Crippen molar-refractivity contribution in [2.24, 2.45) is 11.1 Å². The quantitative estimate of drug-likeness (QED) is 0.575. The maximum Gasteiger partial charge on any atom is 0.0109 e. The Kier molecular flexibility index (Phi) is 2.72. The van der Waals surface area contributed by atoms with Gasteiger partial charge in [0.15, 0.2) is 0 Å². The zero-order valence-corrected chi connectivity index (χ0v) is 7.69. The van der Waals surface area contributed by atoms with Gasteiger partial charge in [0, 0.05) is 6.54 Å². The van der Waals surface area contributed by atoms with Crippen LogP contribution in [0.1, 0.15) is 39.5 Å². The number of allylic oxidation sites excluding steroid dienone is 1. The first-order chi connectivity index (χ1) is 5.14. The van der Waals surface area contributed by atoms with E-state index in [4.69, 9.17) is 5.73 Å². The summed E-state index contributed by atoms with van der Waals surface area (Å²) in [5, 5.41) is 0. The van der Waals surface area contributed by atoms with Gasteiger partial charge in [-0.3, -0.25) is 0 Å². The Bertz CT molecular complexity index is 156. The van der Waals surface area contributed by atoms with Crippen molar-refractivity contribution in [1.29, 1.82) is 0 Å². The third kappa shape index (κ3) is 2.66. The van der Waals surface area contributed by atoms with E-state index in [9.17, 15) is 0 Å². The third-order valence-corrected chi connectivity index (χ3v) is 2.46. The molecular weight excluding hydrogens is 134 g/mol. The molecule has 1 nitrogen and oxygen atoms in total. The van der Waals surface area contributed by atoms with Gasteiger partial charge in [0.05, 0.1) is 0 Å². The second-order valence-corrected chi connectivity index (χ2v) is 4.29. The van der Waals surface area contributed by atoms with E-state index in [1.54, 1.807) is 5.57 Å². The molecule has 11 heavy (non-hydrogen) atoms. The maximum absolute atomic E-state index is 5.47. The van der Waals surface area contributed by atoms with E-state index < -0.39 is 0 Å². The molecule has 0 bridgehead atoms. The summed E-state index contributed by atoms with van der Waals surface area (Å²) < 4.78 is 0. The predicted molar refractivity (Wildman–Crippen MR) is 49.4 cm³/mol. The van der Waals surface area contributed by atoms with Gasteiger partial charge in [0.25, 0.3) is 0 Å². The molecule has 0 spiro atoms. The highest BCUT2D eigenvalue weighted by molar-refractivity contribution is 5.08. The second-order valence-electron chi connectivity index (χ2n) is 4.29. The zero-order valence-electron chi connectivity index (χ0n) is 7.69. The second kappa shape index (κ2) is 3.40. The van der Waals surface area contributed by atoms with Crippen molar-refractivity contribution in [2.75, 3.05) is 6.54 Å². The Labute approximate surface area is 69.7 Å². The zero-order chi connectivity index (χ0) is 8.32. The fourth-order valence-electron chi connectivity index (χ4n) is 1.93. The lowest BCUT2D eigenvalue weighted by atomic mass is 9.75. The van der Waals surface area contributed by atoms with Gasteiger partial charge in [-0.05, 0) is 31.1 Å². The van der Waals surface area contributed by atoms with E-state index in [1.165, 1.54) is 25.7 Å². The van der Waals surface area contributed by atoms with E-state index >= 15 is 0 Å². The third-order valence-electron chi connectivity index (χ3n) is 2.46. The van der Waals surface area contributed by atoms with Crippen LogP contribution in [-0.2, 0) is 0 Å². The smallest absolute Gasteiger partial charge is 0.0109 e. The van der Waals surface area contributed by atoms with E-state index in [0.29, 0.717) is 12.0 Å². The fourth-order valence-corrected chi connectivity index (χ4v) is 1.93. The van der Waals surface area contributed by atoms with Crippen molar-refractivity contribution in [1.82, 2.24) is 0 Å². The minimum Gasteiger partial charge on any atom is -0.327 e. The molecule has 1 aliphatic rings. The molecule has 0 aromatic carbocycles. The summed E-state index contributed by atoms with van der Waals surface area (Å²) in [6.07, 6.45) is 7.44. The largest absolute Gasteiger partial charge is 0.327 e. The fraction of sp³-hybridized carbons (Fsp3) is 0.800. The van der Waals surface area contributed by atoms with Crippen molar-refractivity contribution in [3.8, 4) is 0 Å².